The fourth-order valence-corrected chi connectivity index (χ4v) is 1.70. The average molecular weight is 157 g/mol. The largest absolute Gasteiger partial charge is 0.312 e. The van der Waals surface area contributed by atoms with Crippen LogP contribution >= 0.6 is 0 Å². The summed E-state index contributed by atoms with van der Waals surface area (Å²) in [5, 5.41) is 3.49. The molecule has 1 rings (SSSR count). The molecule has 0 aliphatic carbocycles. The highest BCUT2D eigenvalue weighted by atomic mass is 15.0. The molecule has 1 heterocycles. The van der Waals surface area contributed by atoms with Crippen molar-refractivity contribution in [2.24, 2.45) is 5.92 Å². The van der Waals surface area contributed by atoms with Crippen LogP contribution in [-0.4, -0.2) is 12.1 Å². The Balaban J connectivity index is 0.000000461. The molecular formula is C10H23N. The molecule has 0 spiro atoms. The quantitative estimate of drug-likeness (QED) is 0.570. The Morgan fingerprint density at radius 1 is 1.27 bits per heavy atom. The number of piperidine rings is 1. The Labute approximate surface area is 71.6 Å². The molecule has 1 N–H and O–H groups in total. The number of hydrogen-bond donors (Lipinski definition) is 1. The van der Waals surface area contributed by atoms with Gasteiger partial charge >= 0.3 is 0 Å². The molecule has 1 unspecified atom stereocenters. The Morgan fingerprint density at radius 2 is 1.82 bits per heavy atom. The third kappa shape index (κ3) is 4.41. The van der Waals surface area contributed by atoms with Crippen LogP contribution in [0.15, 0.2) is 0 Å². The number of hydrogen-bond acceptors (Lipinski definition) is 1. The fraction of sp³-hybridized carbons (Fsp3) is 1.00. The predicted octanol–water partition coefficient (Wildman–Crippen LogP) is 2.81. The Morgan fingerprint density at radius 3 is 2.09 bits per heavy atom. The Kier molecular flexibility index (Phi) is 4.74. The van der Waals surface area contributed by atoms with Crippen LogP contribution in [0.5, 0.6) is 0 Å². The summed E-state index contributed by atoms with van der Waals surface area (Å²) < 4.78 is 0. The lowest BCUT2D eigenvalue weighted by atomic mass is 9.86. The van der Waals surface area contributed by atoms with Crippen LogP contribution in [0.3, 0.4) is 0 Å². The third-order valence-corrected chi connectivity index (χ3v) is 2.10. The van der Waals surface area contributed by atoms with Gasteiger partial charge in [0.2, 0.25) is 0 Å². The van der Waals surface area contributed by atoms with Gasteiger partial charge in [-0.05, 0) is 39.2 Å². The predicted molar refractivity (Wildman–Crippen MR) is 51.8 cm³/mol. The SMILES string of the molecule is CC.CC1CCNC(C)(C)C1. The minimum absolute atomic E-state index is 0.400. The highest BCUT2D eigenvalue weighted by Gasteiger charge is 2.24. The second-order valence-corrected chi connectivity index (χ2v) is 3.91. The van der Waals surface area contributed by atoms with Gasteiger partial charge in [0.05, 0.1) is 0 Å². The summed E-state index contributed by atoms with van der Waals surface area (Å²) in [7, 11) is 0. The molecule has 0 bridgehead atoms. The summed E-state index contributed by atoms with van der Waals surface area (Å²) in [5.74, 6) is 0.918. The molecule has 0 aromatic heterocycles. The van der Waals surface area contributed by atoms with Crippen LogP contribution < -0.4 is 5.32 Å². The van der Waals surface area contributed by atoms with Crippen molar-refractivity contribution in [1.29, 1.82) is 0 Å². The molecule has 1 heteroatoms. The van der Waals surface area contributed by atoms with E-state index in [9.17, 15) is 0 Å². The normalized spacial score (nSPS) is 28.6. The first-order valence-corrected chi connectivity index (χ1v) is 4.85. The first-order chi connectivity index (χ1) is 5.10. The minimum Gasteiger partial charge on any atom is -0.312 e. The van der Waals surface area contributed by atoms with Crippen LogP contribution in [0.25, 0.3) is 0 Å². The van der Waals surface area contributed by atoms with Crippen LogP contribution in [-0.2, 0) is 0 Å². The van der Waals surface area contributed by atoms with Crippen LogP contribution in [0.1, 0.15) is 47.5 Å². The van der Waals surface area contributed by atoms with Crippen molar-refractivity contribution in [2.45, 2.75) is 53.0 Å². The maximum absolute atomic E-state index is 3.49. The molecule has 1 fully saturated rings. The maximum atomic E-state index is 3.49. The summed E-state index contributed by atoms with van der Waals surface area (Å²) in [6.45, 7) is 12.1. The lowest BCUT2D eigenvalue weighted by molar-refractivity contribution is 0.243. The molecule has 1 nitrogen and oxygen atoms in total. The van der Waals surface area contributed by atoms with E-state index in [1.165, 1.54) is 19.4 Å². The van der Waals surface area contributed by atoms with Crippen LogP contribution in [0.2, 0.25) is 0 Å². The second kappa shape index (κ2) is 4.76. The van der Waals surface area contributed by atoms with Crippen molar-refractivity contribution < 1.29 is 0 Å². The fourth-order valence-electron chi connectivity index (χ4n) is 1.70. The van der Waals surface area contributed by atoms with Gasteiger partial charge in [-0.25, -0.2) is 0 Å². The lowest BCUT2D eigenvalue weighted by Crippen LogP contribution is -2.45. The molecule has 68 valence electrons. The zero-order chi connectivity index (χ0) is 8.91. The summed E-state index contributed by atoms with van der Waals surface area (Å²) >= 11 is 0. The topological polar surface area (TPSA) is 12.0 Å². The van der Waals surface area contributed by atoms with E-state index in [-0.39, 0.29) is 0 Å². The van der Waals surface area contributed by atoms with Gasteiger partial charge < -0.3 is 5.32 Å². The van der Waals surface area contributed by atoms with Crippen molar-refractivity contribution in [3.05, 3.63) is 0 Å². The summed E-state index contributed by atoms with van der Waals surface area (Å²) in [4.78, 5) is 0. The van der Waals surface area contributed by atoms with Crippen molar-refractivity contribution in [1.82, 2.24) is 5.32 Å². The molecule has 0 amide bonds. The monoisotopic (exact) mass is 157 g/mol. The van der Waals surface area contributed by atoms with E-state index in [2.05, 4.69) is 26.1 Å². The lowest BCUT2D eigenvalue weighted by Gasteiger charge is -2.34. The van der Waals surface area contributed by atoms with Gasteiger partial charge in [-0.3, -0.25) is 0 Å². The van der Waals surface area contributed by atoms with Gasteiger partial charge in [0, 0.05) is 5.54 Å². The van der Waals surface area contributed by atoms with E-state index in [1.807, 2.05) is 13.8 Å². The van der Waals surface area contributed by atoms with Gasteiger partial charge in [0.15, 0.2) is 0 Å². The van der Waals surface area contributed by atoms with Gasteiger partial charge in [-0.2, -0.15) is 0 Å². The van der Waals surface area contributed by atoms with Crippen LogP contribution in [0.4, 0.5) is 0 Å². The van der Waals surface area contributed by atoms with E-state index >= 15 is 0 Å². The van der Waals surface area contributed by atoms with E-state index in [1.54, 1.807) is 0 Å². The van der Waals surface area contributed by atoms with E-state index in [4.69, 9.17) is 0 Å². The smallest absolute Gasteiger partial charge is 0.0127 e. The first kappa shape index (κ1) is 11.0. The molecular weight excluding hydrogens is 134 g/mol. The molecule has 0 radical (unpaired) electrons. The Hall–Kier alpha value is -0.0400. The number of rotatable bonds is 0. The molecule has 1 saturated heterocycles. The molecule has 1 aliphatic rings. The van der Waals surface area contributed by atoms with E-state index < -0.39 is 0 Å². The Bertz CT molecular complexity index is 97.0. The maximum Gasteiger partial charge on any atom is 0.0127 e. The first-order valence-electron chi connectivity index (χ1n) is 4.85. The average Bonchev–Trinajstić information content (AvgIpc) is 1.89. The van der Waals surface area contributed by atoms with Gasteiger partial charge in [-0.15, -0.1) is 0 Å². The molecule has 11 heavy (non-hydrogen) atoms. The zero-order valence-corrected chi connectivity index (χ0v) is 8.70. The highest BCUT2D eigenvalue weighted by molar-refractivity contribution is 4.83. The molecule has 1 aliphatic heterocycles. The van der Waals surface area contributed by atoms with Crippen molar-refractivity contribution in [3.63, 3.8) is 0 Å². The van der Waals surface area contributed by atoms with Gasteiger partial charge in [0.1, 0.15) is 0 Å². The van der Waals surface area contributed by atoms with E-state index in [0.29, 0.717) is 5.54 Å². The van der Waals surface area contributed by atoms with Crippen molar-refractivity contribution in [3.8, 4) is 0 Å². The third-order valence-electron chi connectivity index (χ3n) is 2.10. The van der Waals surface area contributed by atoms with Crippen LogP contribution in [0, 0.1) is 5.92 Å². The minimum atomic E-state index is 0.400. The summed E-state index contributed by atoms with van der Waals surface area (Å²) in [6.07, 6.45) is 2.68. The zero-order valence-electron chi connectivity index (χ0n) is 8.70. The van der Waals surface area contributed by atoms with Gasteiger partial charge in [0.25, 0.3) is 0 Å². The second-order valence-electron chi connectivity index (χ2n) is 3.91. The highest BCUT2D eigenvalue weighted by Crippen LogP contribution is 2.22. The molecule has 0 saturated carbocycles. The number of nitrogens with one attached hydrogen (secondary N) is 1. The molecule has 0 aromatic rings. The molecule has 1 atom stereocenters. The standard InChI is InChI=1S/C8H17N.C2H6/c1-7-4-5-9-8(2,3)6-7;1-2/h7,9H,4-6H2,1-3H3;1-2H3. The van der Waals surface area contributed by atoms with Crippen molar-refractivity contribution >= 4 is 0 Å². The van der Waals surface area contributed by atoms with E-state index in [0.717, 1.165) is 5.92 Å². The molecule has 0 aromatic carbocycles. The van der Waals surface area contributed by atoms with Crippen molar-refractivity contribution in [2.75, 3.05) is 6.54 Å². The summed E-state index contributed by atoms with van der Waals surface area (Å²) in [5.41, 5.74) is 0.400. The summed E-state index contributed by atoms with van der Waals surface area (Å²) in [6, 6.07) is 0. The van der Waals surface area contributed by atoms with Gasteiger partial charge in [-0.1, -0.05) is 20.8 Å².